The summed E-state index contributed by atoms with van der Waals surface area (Å²) in [6.07, 6.45) is 1.48. The fourth-order valence-electron chi connectivity index (χ4n) is 1.96. The van der Waals surface area contributed by atoms with Crippen LogP contribution in [0.3, 0.4) is 0 Å². The lowest BCUT2D eigenvalue weighted by Crippen LogP contribution is -2.38. The van der Waals surface area contributed by atoms with Crippen LogP contribution < -0.4 is 10.1 Å². The Morgan fingerprint density at radius 2 is 2.10 bits per heavy atom. The Morgan fingerprint density at radius 1 is 1.33 bits per heavy atom. The summed E-state index contributed by atoms with van der Waals surface area (Å²) in [5, 5.41) is 13.0. The van der Waals surface area contributed by atoms with Crippen molar-refractivity contribution in [1.29, 1.82) is 0 Å². The minimum Gasteiger partial charge on any atom is -0.493 e. The van der Waals surface area contributed by atoms with Gasteiger partial charge in [-0.3, -0.25) is 4.79 Å². The summed E-state index contributed by atoms with van der Waals surface area (Å²) in [5.74, 6) is 0.627. The van der Waals surface area contributed by atoms with Crippen LogP contribution in [0.2, 0.25) is 0 Å². The third-order valence-corrected chi connectivity index (χ3v) is 3.08. The van der Waals surface area contributed by atoms with Gasteiger partial charge in [0.2, 0.25) is 0 Å². The van der Waals surface area contributed by atoms with Crippen LogP contribution in [-0.4, -0.2) is 24.2 Å². The highest BCUT2D eigenvalue weighted by atomic mass is 16.5. The molecule has 0 aliphatic carbocycles. The summed E-state index contributed by atoms with van der Waals surface area (Å²) in [6.45, 7) is 3.96. The number of hydrogen-bond acceptors (Lipinski definition) is 4. The Balaban J connectivity index is 2.05. The van der Waals surface area contributed by atoms with E-state index in [4.69, 9.17) is 9.15 Å². The number of aliphatic hydroxyl groups is 1. The van der Waals surface area contributed by atoms with Gasteiger partial charge in [0.1, 0.15) is 17.1 Å². The van der Waals surface area contributed by atoms with Crippen LogP contribution in [0.1, 0.15) is 30.0 Å². The van der Waals surface area contributed by atoms with E-state index in [0.717, 1.165) is 0 Å². The number of carbonyl (C=O) groups excluding carboxylic acids is 1. The molecule has 5 nitrogen and oxygen atoms in total. The first-order valence-corrected chi connectivity index (χ1v) is 6.81. The van der Waals surface area contributed by atoms with Crippen LogP contribution in [0, 0.1) is 0 Å². The molecule has 1 aromatic heterocycles. The molecule has 112 valence electrons. The molecular formula is C16H19NO4. The molecule has 5 heteroatoms. The molecule has 0 aliphatic rings. The maximum absolute atomic E-state index is 12.2. The van der Waals surface area contributed by atoms with Gasteiger partial charge in [-0.05, 0) is 38.1 Å². The van der Waals surface area contributed by atoms with Crippen LogP contribution in [0.4, 0.5) is 0 Å². The summed E-state index contributed by atoms with van der Waals surface area (Å²) >= 11 is 0. The van der Waals surface area contributed by atoms with Crippen LogP contribution in [0.5, 0.6) is 5.75 Å². The lowest BCUT2D eigenvalue weighted by Gasteiger charge is -2.21. The number of nitrogens with one attached hydrogen (secondary N) is 1. The van der Waals surface area contributed by atoms with Crippen LogP contribution in [0.15, 0.2) is 47.1 Å². The molecule has 2 aromatic rings. The summed E-state index contributed by atoms with van der Waals surface area (Å²) in [4.78, 5) is 12.2. The summed E-state index contributed by atoms with van der Waals surface area (Å²) in [6, 6.07) is 10.4. The molecule has 0 saturated heterocycles. The number of furan rings is 1. The van der Waals surface area contributed by atoms with Gasteiger partial charge in [0.25, 0.3) is 5.91 Å². The monoisotopic (exact) mass is 289 g/mol. The van der Waals surface area contributed by atoms with Crippen molar-refractivity contribution >= 4 is 5.91 Å². The number of para-hydroxylation sites is 1. The largest absolute Gasteiger partial charge is 0.493 e. The van der Waals surface area contributed by atoms with Crippen molar-refractivity contribution in [3.8, 4) is 5.75 Å². The standard InChI is InChI=1S/C16H19NO4/c1-3-20-13-8-5-4-7-12(13)15(18)17-11-16(2,19)14-9-6-10-21-14/h4-10,19H,3,11H2,1-2H3,(H,17,18). The average Bonchev–Trinajstić information content (AvgIpc) is 3.01. The lowest BCUT2D eigenvalue weighted by molar-refractivity contribution is 0.0329. The zero-order chi connectivity index (χ0) is 15.3. The molecule has 0 bridgehead atoms. The van der Waals surface area contributed by atoms with E-state index in [1.807, 2.05) is 6.92 Å². The van der Waals surface area contributed by atoms with Crippen molar-refractivity contribution in [1.82, 2.24) is 5.32 Å². The highest BCUT2D eigenvalue weighted by Crippen LogP contribution is 2.21. The van der Waals surface area contributed by atoms with Crippen molar-refractivity contribution in [3.05, 3.63) is 54.0 Å². The predicted octanol–water partition coefficient (Wildman–Crippen LogP) is 2.32. The molecule has 0 aliphatic heterocycles. The first kappa shape index (κ1) is 15.1. The summed E-state index contributed by atoms with van der Waals surface area (Å²) in [7, 11) is 0. The van der Waals surface area contributed by atoms with E-state index in [2.05, 4.69) is 5.32 Å². The van der Waals surface area contributed by atoms with E-state index in [9.17, 15) is 9.90 Å². The number of rotatable bonds is 6. The zero-order valence-corrected chi connectivity index (χ0v) is 12.1. The van der Waals surface area contributed by atoms with E-state index in [-0.39, 0.29) is 12.5 Å². The quantitative estimate of drug-likeness (QED) is 0.856. The third kappa shape index (κ3) is 3.64. The van der Waals surface area contributed by atoms with Gasteiger partial charge in [-0.2, -0.15) is 0 Å². The normalized spacial score (nSPS) is 13.5. The van der Waals surface area contributed by atoms with E-state index in [1.54, 1.807) is 43.3 Å². The third-order valence-electron chi connectivity index (χ3n) is 3.08. The Labute approximate surface area is 123 Å². The molecule has 1 aromatic carbocycles. The minimum atomic E-state index is -1.26. The lowest BCUT2D eigenvalue weighted by atomic mass is 10.0. The van der Waals surface area contributed by atoms with Gasteiger partial charge in [0.15, 0.2) is 0 Å². The fraction of sp³-hybridized carbons (Fsp3) is 0.312. The van der Waals surface area contributed by atoms with Gasteiger partial charge < -0.3 is 19.6 Å². The van der Waals surface area contributed by atoms with Crippen LogP contribution in [0.25, 0.3) is 0 Å². The first-order chi connectivity index (χ1) is 10.0. The second kappa shape index (κ2) is 6.45. The highest BCUT2D eigenvalue weighted by molar-refractivity contribution is 5.96. The van der Waals surface area contributed by atoms with Crippen molar-refractivity contribution < 1.29 is 19.1 Å². The van der Waals surface area contributed by atoms with Crippen molar-refractivity contribution in [2.24, 2.45) is 0 Å². The van der Waals surface area contributed by atoms with Crippen LogP contribution in [-0.2, 0) is 5.60 Å². The number of carbonyl (C=O) groups is 1. The van der Waals surface area contributed by atoms with Gasteiger partial charge in [-0.1, -0.05) is 12.1 Å². The Hall–Kier alpha value is -2.27. The maximum atomic E-state index is 12.2. The van der Waals surface area contributed by atoms with E-state index in [1.165, 1.54) is 6.26 Å². The molecule has 0 spiro atoms. The smallest absolute Gasteiger partial charge is 0.255 e. The summed E-state index contributed by atoms with van der Waals surface area (Å²) in [5.41, 5.74) is -0.825. The highest BCUT2D eigenvalue weighted by Gasteiger charge is 2.27. The molecule has 2 rings (SSSR count). The van der Waals surface area contributed by atoms with Crippen molar-refractivity contribution in [2.45, 2.75) is 19.4 Å². The van der Waals surface area contributed by atoms with Gasteiger partial charge in [-0.15, -0.1) is 0 Å². The van der Waals surface area contributed by atoms with Gasteiger partial charge in [0, 0.05) is 0 Å². The second-order valence-electron chi connectivity index (χ2n) is 4.86. The van der Waals surface area contributed by atoms with E-state index >= 15 is 0 Å². The number of benzene rings is 1. The van der Waals surface area contributed by atoms with E-state index in [0.29, 0.717) is 23.7 Å². The van der Waals surface area contributed by atoms with Crippen LogP contribution >= 0.6 is 0 Å². The van der Waals surface area contributed by atoms with Gasteiger partial charge >= 0.3 is 0 Å². The molecule has 0 radical (unpaired) electrons. The van der Waals surface area contributed by atoms with Gasteiger partial charge in [-0.25, -0.2) is 0 Å². The molecular weight excluding hydrogens is 270 g/mol. The zero-order valence-electron chi connectivity index (χ0n) is 12.1. The second-order valence-corrected chi connectivity index (χ2v) is 4.86. The number of hydrogen-bond donors (Lipinski definition) is 2. The minimum absolute atomic E-state index is 0.0415. The average molecular weight is 289 g/mol. The van der Waals surface area contributed by atoms with Gasteiger partial charge in [0.05, 0.1) is 25.0 Å². The Morgan fingerprint density at radius 3 is 2.76 bits per heavy atom. The van der Waals surface area contributed by atoms with E-state index < -0.39 is 5.60 Å². The molecule has 1 heterocycles. The van der Waals surface area contributed by atoms with Crippen molar-refractivity contribution in [2.75, 3.05) is 13.2 Å². The number of amides is 1. The predicted molar refractivity (Wildman–Crippen MR) is 78.2 cm³/mol. The Kier molecular flexibility index (Phi) is 4.65. The molecule has 0 saturated carbocycles. The fourth-order valence-corrected chi connectivity index (χ4v) is 1.96. The maximum Gasteiger partial charge on any atom is 0.255 e. The molecule has 1 atom stereocenters. The molecule has 21 heavy (non-hydrogen) atoms. The molecule has 1 amide bonds. The molecule has 2 N–H and O–H groups in total. The summed E-state index contributed by atoms with van der Waals surface area (Å²) < 4.78 is 10.6. The Bertz CT molecular complexity index is 590. The number of ether oxygens (including phenoxy) is 1. The molecule has 0 fully saturated rings. The topological polar surface area (TPSA) is 71.7 Å². The first-order valence-electron chi connectivity index (χ1n) is 6.81. The SMILES string of the molecule is CCOc1ccccc1C(=O)NCC(C)(O)c1ccco1. The molecule has 1 unspecified atom stereocenters. The van der Waals surface area contributed by atoms with Crippen molar-refractivity contribution in [3.63, 3.8) is 0 Å².